The Morgan fingerprint density at radius 1 is 0.920 bits per heavy atom. The standard InChI is InChI=1S/C19H13Cl2N3O/c1-25-15-10-9-13(16(20)17(15)21)18-14-8-5-11-22-19(14)24(23-18)12-6-3-2-4-7-12/h2-11H,1H3. The van der Waals surface area contributed by atoms with E-state index in [1.165, 1.54) is 0 Å². The minimum absolute atomic E-state index is 0.368. The summed E-state index contributed by atoms with van der Waals surface area (Å²) < 4.78 is 7.03. The van der Waals surface area contributed by atoms with Gasteiger partial charge in [0.25, 0.3) is 0 Å². The average molecular weight is 370 g/mol. The van der Waals surface area contributed by atoms with Crippen LogP contribution in [0.3, 0.4) is 0 Å². The molecule has 4 nitrogen and oxygen atoms in total. The smallest absolute Gasteiger partial charge is 0.163 e. The van der Waals surface area contributed by atoms with Gasteiger partial charge in [0.2, 0.25) is 0 Å². The first-order valence-corrected chi connectivity index (χ1v) is 8.38. The van der Waals surface area contributed by atoms with Crippen LogP contribution >= 0.6 is 23.2 Å². The summed E-state index contributed by atoms with van der Waals surface area (Å²) in [4.78, 5) is 4.49. The van der Waals surface area contributed by atoms with Crippen molar-refractivity contribution in [3.8, 4) is 22.7 Å². The molecule has 2 aromatic heterocycles. The van der Waals surface area contributed by atoms with E-state index in [1.54, 1.807) is 24.1 Å². The molecule has 6 heteroatoms. The van der Waals surface area contributed by atoms with Gasteiger partial charge in [-0.3, -0.25) is 0 Å². The summed E-state index contributed by atoms with van der Waals surface area (Å²) in [6.45, 7) is 0. The van der Waals surface area contributed by atoms with Crippen molar-refractivity contribution in [2.24, 2.45) is 0 Å². The lowest BCUT2D eigenvalue weighted by atomic mass is 10.1. The number of fused-ring (bicyclic) bond motifs is 1. The molecule has 4 aromatic rings. The molecule has 0 N–H and O–H groups in total. The first kappa shape index (κ1) is 15.9. The molecule has 0 fully saturated rings. The van der Waals surface area contributed by atoms with Gasteiger partial charge in [-0.05, 0) is 36.4 Å². The fourth-order valence-corrected chi connectivity index (χ4v) is 3.26. The Bertz CT molecular complexity index is 1060. The molecule has 0 radical (unpaired) electrons. The van der Waals surface area contributed by atoms with Gasteiger partial charge in [0.15, 0.2) is 5.65 Å². The van der Waals surface area contributed by atoms with Gasteiger partial charge in [-0.15, -0.1) is 0 Å². The minimum Gasteiger partial charge on any atom is -0.495 e. The maximum atomic E-state index is 6.49. The van der Waals surface area contributed by atoms with Gasteiger partial charge in [-0.25, -0.2) is 9.67 Å². The van der Waals surface area contributed by atoms with Gasteiger partial charge in [0.05, 0.1) is 17.8 Å². The van der Waals surface area contributed by atoms with Gasteiger partial charge in [0.1, 0.15) is 16.5 Å². The zero-order valence-electron chi connectivity index (χ0n) is 13.3. The van der Waals surface area contributed by atoms with Crippen molar-refractivity contribution in [1.82, 2.24) is 14.8 Å². The number of halogens is 2. The molecule has 0 saturated carbocycles. The summed E-state index contributed by atoms with van der Waals surface area (Å²) in [5.41, 5.74) is 3.14. The van der Waals surface area contributed by atoms with Crippen LogP contribution in [0.2, 0.25) is 10.0 Å². The molecule has 0 saturated heterocycles. The summed E-state index contributed by atoms with van der Waals surface area (Å²) in [6, 6.07) is 17.3. The highest BCUT2D eigenvalue weighted by Gasteiger charge is 2.19. The molecular formula is C19H13Cl2N3O. The Hall–Kier alpha value is -2.56. The predicted molar refractivity (Wildman–Crippen MR) is 101 cm³/mol. The zero-order chi connectivity index (χ0) is 17.4. The molecule has 0 aliphatic rings. The molecule has 124 valence electrons. The molecular weight excluding hydrogens is 357 g/mol. The van der Waals surface area contributed by atoms with E-state index in [1.807, 2.05) is 48.5 Å². The molecule has 0 aliphatic heterocycles. The fourth-order valence-electron chi connectivity index (χ4n) is 2.77. The van der Waals surface area contributed by atoms with E-state index in [0.717, 1.165) is 28.0 Å². The van der Waals surface area contributed by atoms with Crippen molar-refractivity contribution in [2.75, 3.05) is 7.11 Å². The molecule has 0 amide bonds. The first-order chi connectivity index (χ1) is 12.2. The molecule has 0 unspecified atom stereocenters. The lowest BCUT2D eigenvalue weighted by molar-refractivity contribution is 0.415. The van der Waals surface area contributed by atoms with Crippen LogP contribution in [0.15, 0.2) is 60.8 Å². The van der Waals surface area contributed by atoms with Crippen LogP contribution in [0.4, 0.5) is 0 Å². The first-order valence-electron chi connectivity index (χ1n) is 7.62. The summed E-state index contributed by atoms with van der Waals surface area (Å²) in [5.74, 6) is 0.528. The van der Waals surface area contributed by atoms with E-state index in [9.17, 15) is 0 Å². The second kappa shape index (κ2) is 6.39. The van der Waals surface area contributed by atoms with E-state index in [2.05, 4.69) is 4.98 Å². The van der Waals surface area contributed by atoms with Gasteiger partial charge in [0, 0.05) is 17.1 Å². The number of hydrogen-bond acceptors (Lipinski definition) is 3. The van der Waals surface area contributed by atoms with Gasteiger partial charge >= 0.3 is 0 Å². The summed E-state index contributed by atoms with van der Waals surface area (Å²) in [7, 11) is 1.56. The third-order valence-electron chi connectivity index (χ3n) is 3.97. The van der Waals surface area contributed by atoms with E-state index in [4.69, 9.17) is 33.0 Å². The maximum absolute atomic E-state index is 6.49. The van der Waals surface area contributed by atoms with E-state index in [0.29, 0.717) is 15.8 Å². The van der Waals surface area contributed by atoms with Gasteiger partial charge in [-0.2, -0.15) is 5.10 Å². The monoisotopic (exact) mass is 369 g/mol. The van der Waals surface area contributed by atoms with Crippen LogP contribution in [0.5, 0.6) is 5.75 Å². The number of ether oxygens (including phenoxy) is 1. The van der Waals surface area contributed by atoms with Crippen molar-refractivity contribution < 1.29 is 4.74 Å². The molecule has 4 rings (SSSR count). The lowest BCUT2D eigenvalue weighted by Gasteiger charge is -2.08. The molecule has 2 aromatic carbocycles. The topological polar surface area (TPSA) is 39.9 Å². The largest absolute Gasteiger partial charge is 0.495 e. The Morgan fingerprint density at radius 3 is 2.48 bits per heavy atom. The van der Waals surface area contributed by atoms with Crippen LogP contribution in [-0.4, -0.2) is 21.9 Å². The maximum Gasteiger partial charge on any atom is 0.163 e. The number of para-hydroxylation sites is 1. The second-order valence-electron chi connectivity index (χ2n) is 5.41. The normalized spacial score (nSPS) is 11.0. The van der Waals surface area contributed by atoms with Gasteiger partial charge in [-0.1, -0.05) is 41.4 Å². The fraction of sp³-hybridized carbons (Fsp3) is 0.0526. The second-order valence-corrected chi connectivity index (χ2v) is 6.17. The molecule has 0 spiro atoms. The van der Waals surface area contributed by atoms with Gasteiger partial charge < -0.3 is 4.74 Å². The molecule has 25 heavy (non-hydrogen) atoms. The van der Waals surface area contributed by atoms with Crippen molar-refractivity contribution in [3.05, 3.63) is 70.8 Å². The Morgan fingerprint density at radius 2 is 1.72 bits per heavy atom. The summed E-state index contributed by atoms with van der Waals surface area (Å²) in [6.07, 6.45) is 1.75. The van der Waals surface area contributed by atoms with Crippen molar-refractivity contribution in [1.29, 1.82) is 0 Å². The molecule has 2 heterocycles. The Kier molecular flexibility index (Phi) is 4.07. The predicted octanol–water partition coefficient (Wildman–Crippen LogP) is 5.40. The summed E-state index contributed by atoms with van der Waals surface area (Å²) >= 11 is 12.8. The molecule has 0 atom stereocenters. The van der Waals surface area contributed by atoms with Crippen LogP contribution in [0.1, 0.15) is 0 Å². The number of aromatic nitrogens is 3. The number of benzene rings is 2. The highest BCUT2D eigenvalue weighted by molar-refractivity contribution is 6.44. The summed E-state index contributed by atoms with van der Waals surface area (Å²) in [5, 5.41) is 6.43. The Balaban J connectivity index is 2.00. The number of rotatable bonds is 3. The number of methoxy groups -OCH3 is 1. The lowest BCUT2D eigenvalue weighted by Crippen LogP contribution is -1.97. The highest BCUT2D eigenvalue weighted by Crippen LogP contribution is 2.41. The van der Waals surface area contributed by atoms with E-state index < -0.39 is 0 Å². The van der Waals surface area contributed by atoms with Crippen molar-refractivity contribution in [3.63, 3.8) is 0 Å². The number of hydrogen-bond donors (Lipinski definition) is 0. The molecule has 0 aliphatic carbocycles. The zero-order valence-corrected chi connectivity index (χ0v) is 14.8. The van der Waals surface area contributed by atoms with Crippen LogP contribution in [0.25, 0.3) is 28.0 Å². The van der Waals surface area contributed by atoms with Crippen LogP contribution < -0.4 is 4.74 Å². The van der Waals surface area contributed by atoms with E-state index >= 15 is 0 Å². The average Bonchev–Trinajstić information content (AvgIpc) is 3.04. The highest BCUT2D eigenvalue weighted by atomic mass is 35.5. The third kappa shape index (κ3) is 2.64. The SMILES string of the molecule is COc1ccc(-c2nn(-c3ccccc3)c3ncccc23)c(Cl)c1Cl. The third-order valence-corrected chi connectivity index (χ3v) is 4.83. The van der Waals surface area contributed by atoms with Crippen molar-refractivity contribution >= 4 is 34.2 Å². The Labute approximate surface area is 154 Å². The minimum atomic E-state index is 0.368. The number of nitrogens with zero attached hydrogens (tertiary/aromatic N) is 3. The van der Waals surface area contributed by atoms with Crippen LogP contribution in [0, 0.1) is 0 Å². The van der Waals surface area contributed by atoms with Crippen LogP contribution in [-0.2, 0) is 0 Å². The quantitative estimate of drug-likeness (QED) is 0.485. The van der Waals surface area contributed by atoms with E-state index in [-0.39, 0.29) is 0 Å². The van der Waals surface area contributed by atoms with Crippen molar-refractivity contribution in [2.45, 2.75) is 0 Å². The number of pyridine rings is 1. The molecule has 0 bridgehead atoms.